The van der Waals surface area contributed by atoms with Gasteiger partial charge in [0.1, 0.15) is 5.84 Å². The molecule has 0 fully saturated rings. The monoisotopic (exact) mass is 438 g/mol. The molecule has 0 bridgehead atoms. The van der Waals surface area contributed by atoms with E-state index in [1.165, 1.54) is 19.2 Å². The summed E-state index contributed by atoms with van der Waals surface area (Å²) >= 11 is 0. The molecule has 30 heavy (non-hydrogen) atoms. The maximum atomic E-state index is 13.0. The Morgan fingerprint density at radius 2 is 2.13 bits per heavy atom. The molecule has 166 valence electrons. The Morgan fingerprint density at radius 3 is 2.80 bits per heavy atom. The molecule has 0 saturated heterocycles. The predicted molar refractivity (Wildman–Crippen MR) is 116 cm³/mol. The van der Waals surface area contributed by atoms with Crippen LogP contribution in [-0.4, -0.2) is 70.1 Å². The summed E-state index contributed by atoms with van der Waals surface area (Å²) in [5, 5.41) is 9.10. The number of benzene rings is 1. The van der Waals surface area contributed by atoms with Gasteiger partial charge in [0.25, 0.3) is 0 Å². The van der Waals surface area contributed by atoms with E-state index < -0.39 is 10.0 Å². The van der Waals surface area contributed by atoms with Gasteiger partial charge in [0.2, 0.25) is 15.9 Å². The summed E-state index contributed by atoms with van der Waals surface area (Å²) in [4.78, 5) is 19.1. The average Bonchev–Trinajstić information content (AvgIpc) is 2.88. The number of sulfonamides is 1. The van der Waals surface area contributed by atoms with E-state index in [-0.39, 0.29) is 42.8 Å². The van der Waals surface area contributed by atoms with Gasteiger partial charge in [-0.25, -0.2) is 18.1 Å². The maximum absolute atomic E-state index is 13.0. The Balaban J connectivity index is 2.34. The van der Waals surface area contributed by atoms with Crippen molar-refractivity contribution in [2.24, 2.45) is 10.7 Å². The van der Waals surface area contributed by atoms with Crippen LogP contribution in [0.25, 0.3) is 6.08 Å². The predicted octanol–water partition coefficient (Wildman–Crippen LogP) is 1.01. The standard InChI is InChI=1S/C20H30N4O5S/c1-3-8-24(9-4-10-25)20(26)16-12-15-5-6-17(14-18(15)23-19(21)13-16)30(27,28)22-7-11-29-2/h5-6,12,14,22,25H,3-4,7-11,13H2,1-2H3,(H2,21,23). The van der Waals surface area contributed by atoms with Crippen LogP contribution in [0.2, 0.25) is 0 Å². The van der Waals surface area contributed by atoms with Gasteiger partial charge in [-0.15, -0.1) is 0 Å². The van der Waals surface area contributed by atoms with Crippen LogP contribution in [0.1, 0.15) is 31.7 Å². The number of rotatable bonds is 11. The number of amidine groups is 1. The number of hydrogen-bond donors (Lipinski definition) is 3. The Bertz CT molecular complexity index is 912. The Hall–Kier alpha value is -2.27. The van der Waals surface area contributed by atoms with Crippen molar-refractivity contribution in [1.82, 2.24) is 9.62 Å². The first kappa shape index (κ1) is 24.0. The highest BCUT2D eigenvalue weighted by molar-refractivity contribution is 7.89. The highest BCUT2D eigenvalue weighted by atomic mass is 32.2. The van der Waals surface area contributed by atoms with E-state index in [2.05, 4.69) is 9.71 Å². The number of amides is 1. The van der Waals surface area contributed by atoms with Crippen LogP contribution in [0.3, 0.4) is 0 Å². The fraction of sp³-hybridized carbons (Fsp3) is 0.500. The Kier molecular flexibility index (Phi) is 8.97. The van der Waals surface area contributed by atoms with Crippen LogP contribution in [-0.2, 0) is 19.6 Å². The van der Waals surface area contributed by atoms with Gasteiger partial charge >= 0.3 is 0 Å². The van der Waals surface area contributed by atoms with E-state index >= 15 is 0 Å². The number of fused-ring (bicyclic) bond motifs is 1. The van der Waals surface area contributed by atoms with Crippen molar-refractivity contribution in [3.05, 3.63) is 29.3 Å². The molecule has 2 rings (SSSR count). The molecule has 1 heterocycles. The lowest BCUT2D eigenvalue weighted by atomic mass is 10.1. The summed E-state index contributed by atoms with van der Waals surface area (Å²) in [5.74, 6) is 0.0723. The van der Waals surface area contributed by atoms with Gasteiger partial charge in [0, 0.05) is 50.9 Å². The van der Waals surface area contributed by atoms with E-state index in [9.17, 15) is 13.2 Å². The zero-order chi connectivity index (χ0) is 22.1. The van der Waals surface area contributed by atoms with Crippen LogP contribution >= 0.6 is 0 Å². The fourth-order valence-corrected chi connectivity index (χ4v) is 4.12. The topological polar surface area (TPSA) is 134 Å². The number of carbonyl (C=O) groups excluding carboxylic acids is 1. The molecule has 9 nitrogen and oxygen atoms in total. The smallest absolute Gasteiger partial charge is 0.250 e. The number of aliphatic imine (C=N–C) groups is 1. The molecule has 1 aliphatic heterocycles. The molecule has 0 spiro atoms. The Morgan fingerprint density at radius 1 is 1.37 bits per heavy atom. The molecule has 0 atom stereocenters. The average molecular weight is 439 g/mol. The number of aliphatic hydroxyl groups excluding tert-OH is 1. The minimum Gasteiger partial charge on any atom is -0.396 e. The van der Waals surface area contributed by atoms with Gasteiger partial charge in [-0.05, 0) is 31.1 Å². The molecule has 1 aromatic rings. The second kappa shape index (κ2) is 11.2. The minimum absolute atomic E-state index is 0.00857. The Labute approximate surface area is 177 Å². The third-order valence-corrected chi connectivity index (χ3v) is 5.98. The molecular formula is C20H30N4O5S. The van der Waals surface area contributed by atoms with Crippen LogP contribution < -0.4 is 10.5 Å². The molecule has 0 aliphatic carbocycles. The van der Waals surface area contributed by atoms with Gasteiger partial charge < -0.3 is 20.5 Å². The fourth-order valence-electron chi connectivity index (χ4n) is 3.09. The molecule has 1 aliphatic rings. The van der Waals surface area contributed by atoms with Crippen LogP contribution in [0.5, 0.6) is 0 Å². The van der Waals surface area contributed by atoms with Crippen molar-refractivity contribution < 1.29 is 23.1 Å². The highest BCUT2D eigenvalue weighted by Crippen LogP contribution is 2.29. The molecule has 10 heteroatoms. The lowest BCUT2D eigenvalue weighted by molar-refractivity contribution is -0.127. The summed E-state index contributed by atoms with van der Waals surface area (Å²) in [5.41, 5.74) is 7.52. The number of methoxy groups -OCH3 is 1. The molecule has 4 N–H and O–H groups in total. The summed E-state index contributed by atoms with van der Waals surface area (Å²) in [6.45, 7) is 3.43. The van der Waals surface area contributed by atoms with Crippen molar-refractivity contribution in [3.63, 3.8) is 0 Å². The molecule has 0 unspecified atom stereocenters. The van der Waals surface area contributed by atoms with Gasteiger partial charge in [0.05, 0.1) is 17.2 Å². The molecular weight excluding hydrogens is 408 g/mol. The normalized spacial score (nSPS) is 13.8. The number of nitrogens with one attached hydrogen (secondary N) is 1. The van der Waals surface area contributed by atoms with Gasteiger partial charge in [0.15, 0.2) is 0 Å². The van der Waals surface area contributed by atoms with Crippen LogP contribution in [0.4, 0.5) is 5.69 Å². The molecule has 1 aromatic carbocycles. The lowest BCUT2D eigenvalue weighted by Gasteiger charge is -2.23. The van der Waals surface area contributed by atoms with Gasteiger partial charge in [-0.3, -0.25) is 4.79 Å². The first-order valence-electron chi connectivity index (χ1n) is 9.88. The second-order valence-electron chi connectivity index (χ2n) is 6.93. The number of nitrogens with zero attached hydrogens (tertiary/aromatic N) is 2. The van der Waals surface area contributed by atoms with E-state index in [1.807, 2.05) is 6.92 Å². The molecule has 1 amide bonds. The first-order valence-corrected chi connectivity index (χ1v) is 11.4. The molecule has 0 aromatic heterocycles. The largest absolute Gasteiger partial charge is 0.396 e. The zero-order valence-electron chi connectivity index (χ0n) is 17.4. The second-order valence-corrected chi connectivity index (χ2v) is 8.70. The summed E-state index contributed by atoms with van der Waals surface area (Å²) in [7, 11) is -2.22. The number of ether oxygens (including phenoxy) is 1. The van der Waals surface area contributed by atoms with E-state index in [4.69, 9.17) is 15.6 Å². The molecule has 0 radical (unpaired) electrons. The van der Waals surface area contributed by atoms with Crippen molar-refractivity contribution in [3.8, 4) is 0 Å². The number of aliphatic hydroxyl groups is 1. The molecule has 0 saturated carbocycles. The van der Waals surface area contributed by atoms with Crippen LogP contribution in [0, 0.1) is 0 Å². The summed E-state index contributed by atoms with van der Waals surface area (Å²) in [6.07, 6.45) is 3.16. The summed E-state index contributed by atoms with van der Waals surface area (Å²) in [6, 6.07) is 4.53. The quantitative estimate of drug-likeness (QED) is 0.441. The van der Waals surface area contributed by atoms with Crippen molar-refractivity contribution in [2.45, 2.75) is 31.1 Å². The zero-order valence-corrected chi connectivity index (χ0v) is 18.2. The maximum Gasteiger partial charge on any atom is 0.250 e. The SMILES string of the molecule is CCCN(CCCO)C(=O)C1=Cc2ccc(S(=O)(=O)NCCOC)cc2N=C(N)C1. The number of nitrogens with two attached hydrogens (primary N) is 1. The number of carbonyl (C=O) groups is 1. The number of hydrogen-bond acceptors (Lipinski definition) is 7. The van der Waals surface area contributed by atoms with Crippen molar-refractivity contribution in [2.75, 3.05) is 40.0 Å². The first-order chi connectivity index (χ1) is 14.3. The van der Waals surface area contributed by atoms with Crippen molar-refractivity contribution >= 4 is 33.5 Å². The highest BCUT2D eigenvalue weighted by Gasteiger charge is 2.22. The third kappa shape index (κ3) is 6.36. The minimum atomic E-state index is -3.72. The lowest BCUT2D eigenvalue weighted by Crippen LogP contribution is -2.35. The van der Waals surface area contributed by atoms with E-state index in [1.54, 1.807) is 17.0 Å². The summed E-state index contributed by atoms with van der Waals surface area (Å²) < 4.78 is 32.2. The van der Waals surface area contributed by atoms with Gasteiger partial charge in [-0.2, -0.15) is 0 Å². The van der Waals surface area contributed by atoms with E-state index in [0.717, 1.165) is 6.42 Å². The third-order valence-electron chi connectivity index (χ3n) is 4.52. The van der Waals surface area contributed by atoms with Gasteiger partial charge in [-0.1, -0.05) is 13.0 Å². The van der Waals surface area contributed by atoms with E-state index in [0.29, 0.717) is 36.3 Å². The van der Waals surface area contributed by atoms with Crippen LogP contribution in [0.15, 0.2) is 33.7 Å². The van der Waals surface area contributed by atoms with Crippen molar-refractivity contribution in [1.29, 1.82) is 0 Å².